The zero-order valence-electron chi connectivity index (χ0n) is 15.1. The SMILES string of the molecule is CCO[C@H]1C[C@H](N(C)C(=O)c2cn(C)nc2-c2ccoc2)C12CCC2. The van der Waals surface area contributed by atoms with Crippen molar-refractivity contribution in [3.05, 3.63) is 30.4 Å². The van der Waals surface area contributed by atoms with Crippen molar-refractivity contribution in [3.63, 3.8) is 0 Å². The van der Waals surface area contributed by atoms with Crippen LogP contribution in [-0.2, 0) is 11.8 Å². The van der Waals surface area contributed by atoms with E-state index < -0.39 is 0 Å². The Hall–Kier alpha value is -2.08. The van der Waals surface area contributed by atoms with Gasteiger partial charge in [-0.25, -0.2) is 0 Å². The molecule has 2 aliphatic carbocycles. The molecule has 2 aliphatic rings. The van der Waals surface area contributed by atoms with Gasteiger partial charge in [-0.1, -0.05) is 6.42 Å². The number of aryl methyl sites for hydroxylation is 1. The Morgan fingerprint density at radius 3 is 2.92 bits per heavy atom. The highest BCUT2D eigenvalue weighted by Crippen LogP contribution is 2.59. The summed E-state index contributed by atoms with van der Waals surface area (Å²) >= 11 is 0. The van der Waals surface area contributed by atoms with Gasteiger partial charge >= 0.3 is 0 Å². The minimum absolute atomic E-state index is 0.0236. The maximum absolute atomic E-state index is 13.2. The van der Waals surface area contributed by atoms with Crippen LogP contribution in [0.25, 0.3) is 11.3 Å². The first kappa shape index (κ1) is 16.4. The van der Waals surface area contributed by atoms with Gasteiger partial charge in [-0.2, -0.15) is 5.10 Å². The van der Waals surface area contributed by atoms with Gasteiger partial charge in [0.1, 0.15) is 5.69 Å². The third kappa shape index (κ3) is 2.42. The Labute approximate surface area is 147 Å². The van der Waals surface area contributed by atoms with Crippen LogP contribution < -0.4 is 0 Å². The number of hydrogen-bond donors (Lipinski definition) is 0. The van der Waals surface area contributed by atoms with E-state index in [-0.39, 0.29) is 17.4 Å². The number of nitrogens with zero attached hydrogens (tertiary/aromatic N) is 3. The van der Waals surface area contributed by atoms with E-state index in [0.29, 0.717) is 17.4 Å². The molecule has 0 aliphatic heterocycles. The van der Waals surface area contributed by atoms with Gasteiger partial charge in [0.2, 0.25) is 0 Å². The molecule has 2 aromatic heterocycles. The molecule has 2 atom stereocenters. The average molecular weight is 343 g/mol. The van der Waals surface area contributed by atoms with Crippen molar-refractivity contribution in [2.24, 2.45) is 12.5 Å². The number of rotatable bonds is 5. The molecule has 1 amide bonds. The second-order valence-electron chi connectivity index (χ2n) is 7.28. The molecule has 1 spiro atoms. The Bertz CT molecular complexity index is 761. The maximum atomic E-state index is 13.2. The van der Waals surface area contributed by atoms with Crippen LogP contribution in [0.3, 0.4) is 0 Å². The number of hydrogen-bond acceptors (Lipinski definition) is 4. The molecule has 0 bridgehead atoms. The van der Waals surface area contributed by atoms with E-state index in [0.717, 1.165) is 31.4 Å². The molecule has 134 valence electrons. The summed E-state index contributed by atoms with van der Waals surface area (Å²) in [6, 6.07) is 2.09. The average Bonchev–Trinajstić information content (AvgIpc) is 3.17. The predicted octanol–water partition coefficient (Wildman–Crippen LogP) is 3.10. The van der Waals surface area contributed by atoms with E-state index in [9.17, 15) is 4.79 Å². The van der Waals surface area contributed by atoms with Crippen molar-refractivity contribution in [3.8, 4) is 11.3 Å². The maximum Gasteiger partial charge on any atom is 0.257 e. The molecule has 6 nitrogen and oxygen atoms in total. The van der Waals surface area contributed by atoms with Crippen molar-refractivity contribution >= 4 is 5.91 Å². The first-order chi connectivity index (χ1) is 12.1. The zero-order chi connectivity index (χ0) is 17.6. The Morgan fingerprint density at radius 2 is 2.32 bits per heavy atom. The number of carbonyl (C=O) groups excluding carboxylic acids is 1. The summed E-state index contributed by atoms with van der Waals surface area (Å²) in [7, 11) is 3.75. The van der Waals surface area contributed by atoms with Gasteiger partial charge in [0.15, 0.2) is 0 Å². The molecule has 6 heteroatoms. The number of aromatic nitrogens is 2. The van der Waals surface area contributed by atoms with Gasteiger partial charge in [0.05, 0.1) is 24.2 Å². The summed E-state index contributed by atoms with van der Waals surface area (Å²) in [5, 5.41) is 4.46. The molecular weight excluding hydrogens is 318 g/mol. The van der Waals surface area contributed by atoms with Gasteiger partial charge in [-0.15, -0.1) is 0 Å². The van der Waals surface area contributed by atoms with Crippen molar-refractivity contribution in [1.82, 2.24) is 14.7 Å². The van der Waals surface area contributed by atoms with Crippen LogP contribution in [0, 0.1) is 5.41 Å². The van der Waals surface area contributed by atoms with Gasteiger partial charge in [-0.3, -0.25) is 9.48 Å². The number of ether oxygens (including phenoxy) is 1. The summed E-state index contributed by atoms with van der Waals surface area (Å²) < 4.78 is 12.8. The highest BCUT2D eigenvalue weighted by Gasteiger charge is 2.61. The second-order valence-corrected chi connectivity index (χ2v) is 7.28. The lowest BCUT2D eigenvalue weighted by Gasteiger charge is -2.63. The van der Waals surface area contributed by atoms with Gasteiger partial charge in [0.25, 0.3) is 5.91 Å². The van der Waals surface area contributed by atoms with Crippen molar-refractivity contribution in [1.29, 1.82) is 0 Å². The summed E-state index contributed by atoms with van der Waals surface area (Å²) in [6.07, 6.45) is 9.79. The van der Waals surface area contributed by atoms with Crippen LogP contribution in [0.4, 0.5) is 0 Å². The van der Waals surface area contributed by atoms with Crippen LogP contribution in [0.5, 0.6) is 0 Å². The van der Waals surface area contributed by atoms with Crippen molar-refractivity contribution in [2.75, 3.05) is 13.7 Å². The van der Waals surface area contributed by atoms with Crippen LogP contribution >= 0.6 is 0 Å². The van der Waals surface area contributed by atoms with Crippen molar-refractivity contribution < 1.29 is 13.9 Å². The summed E-state index contributed by atoms with van der Waals surface area (Å²) in [5.41, 5.74) is 2.30. The normalized spacial score (nSPS) is 24.0. The first-order valence-electron chi connectivity index (χ1n) is 9.02. The predicted molar refractivity (Wildman–Crippen MR) is 93.1 cm³/mol. The topological polar surface area (TPSA) is 60.5 Å². The lowest BCUT2D eigenvalue weighted by molar-refractivity contribution is -0.192. The smallest absolute Gasteiger partial charge is 0.257 e. The Morgan fingerprint density at radius 1 is 1.52 bits per heavy atom. The largest absolute Gasteiger partial charge is 0.472 e. The van der Waals surface area contributed by atoms with E-state index in [1.54, 1.807) is 23.4 Å². The summed E-state index contributed by atoms with van der Waals surface area (Å²) in [4.78, 5) is 15.1. The number of furan rings is 1. The van der Waals surface area contributed by atoms with Crippen LogP contribution in [0.2, 0.25) is 0 Å². The Kier molecular flexibility index (Phi) is 3.95. The monoisotopic (exact) mass is 343 g/mol. The van der Waals surface area contributed by atoms with E-state index in [2.05, 4.69) is 5.10 Å². The zero-order valence-corrected chi connectivity index (χ0v) is 15.1. The molecule has 0 radical (unpaired) electrons. The minimum Gasteiger partial charge on any atom is -0.472 e. The third-order valence-electron chi connectivity index (χ3n) is 6.04. The Balaban J connectivity index is 1.58. The fourth-order valence-corrected chi connectivity index (χ4v) is 4.53. The molecule has 2 saturated carbocycles. The molecule has 0 N–H and O–H groups in total. The van der Waals surface area contributed by atoms with Crippen LogP contribution in [0.15, 0.2) is 29.2 Å². The molecule has 0 aromatic carbocycles. The van der Waals surface area contributed by atoms with Gasteiger partial charge in [-0.05, 0) is 32.3 Å². The van der Waals surface area contributed by atoms with Crippen molar-refractivity contribution in [2.45, 2.75) is 44.8 Å². The lowest BCUT2D eigenvalue weighted by atomic mass is 9.50. The van der Waals surface area contributed by atoms with E-state index in [1.165, 1.54) is 6.42 Å². The van der Waals surface area contributed by atoms with E-state index in [4.69, 9.17) is 9.15 Å². The molecule has 25 heavy (non-hydrogen) atoms. The summed E-state index contributed by atoms with van der Waals surface area (Å²) in [5.74, 6) is 0.0236. The van der Waals surface area contributed by atoms with Gasteiger partial charge in [0, 0.05) is 43.9 Å². The molecular formula is C19H25N3O3. The highest BCUT2D eigenvalue weighted by atomic mass is 16.5. The minimum atomic E-state index is 0.0236. The second kappa shape index (κ2) is 6.02. The molecule has 0 saturated heterocycles. The molecule has 4 rings (SSSR count). The standard InChI is InChI=1S/C19H25N3O3/c1-4-25-16-10-15(19(16)7-5-8-19)22(3)18(23)14-11-21(2)20-17(14)13-6-9-24-12-13/h6,9,11-12,15-16H,4-5,7-8,10H2,1-3H3/t15-,16-/m0/s1. The molecule has 0 unspecified atom stereocenters. The third-order valence-corrected chi connectivity index (χ3v) is 6.04. The summed E-state index contributed by atoms with van der Waals surface area (Å²) in [6.45, 7) is 2.78. The van der Waals surface area contributed by atoms with E-state index in [1.807, 2.05) is 32.0 Å². The van der Waals surface area contributed by atoms with Crippen LogP contribution in [-0.4, -0.2) is 46.4 Å². The molecule has 2 aromatic rings. The van der Waals surface area contributed by atoms with E-state index >= 15 is 0 Å². The molecule has 2 fully saturated rings. The van der Waals surface area contributed by atoms with Gasteiger partial charge < -0.3 is 14.1 Å². The fourth-order valence-electron chi connectivity index (χ4n) is 4.53. The van der Waals surface area contributed by atoms with Crippen LogP contribution in [0.1, 0.15) is 43.0 Å². The molecule has 2 heterocycles. The lowest BCUT2D eigenvalue weighted by Crippen LogP contribution is -2.67. The number of amides is 1. The fraction of sp³-hybridized carbons (Fsp3) is 0.579. The quantitative estimate of drug-likeness (QED) is 0.837. The number of carbonyl (C=O) groups is 1. The highest BCUT2D eigenvalue weighted by molar-refractivity contribution is 5.99. The first-order valence-corrected chi connectivity index (χ1v) is 9.02.